The highest BCUT2D eigenvalue weighted by Gasteiger charge is 2.25. The smallest absolute Gasteiger partial charge is 0.223 e. The van der Waals surface area contributed by atoms with E-state index in [-0.39, 0.29) is 11.9 Å². The maximum absolute atomic E-state index is 13.2. The van der Waals surface area contributed by atoms with Crippen LogP contribution in [0.4, 0.5) is 10.3 Å². The molecule has 1 N–H and O–H groups in total. The number of hydrogen-bond acceptors (Lipinski definition) is 5. The van der Waals surface area contributed by atoms with Crippen LogP contribution in [0.3, 0.4) is 0 Å². The molecule has 0 saturated carbocycles. The first kappa shape index (κ1) is 20.4. The second kappa shape index (κ2) is 9.30. The van der Waals surface area contributed by atoms with Crippen molar-refractivity contribution < 1.29 is 4.39 Å². The number of benzene rings is 1. The van der Waals surface area contributed by atoms with Gasteiger partial charge in [-0.25, -0.2) is 14.4 Å². The average Bonchev–Trinajstić information content (AvgIpc) is 2.76. The third-order valence-electron chi connectivity index (χ3n) is 5.50. The van der Waals surface area contributed by atoms with Gasteiger partial charge < -0.3 is 5.32 Å². The lowest BCUT2D eigenvalue weighted by Gasteiger charge is -2.32. The van der Waals surface area contributed by atoms with E-state index >= 15 is 0 Å². The number of aromatic nitrogens is 3. The number of nitrogens with zero attached hydrogens (tertiary/aromatic N) is 4. The first-order valence-corrected chi connectivity index (χ1v) is 10.6. The van der Waals surface area contributed by atoms with Crippen molar-refractivity contribution in [2.24, 2.45) is 0 Å². The summed E-state index contributed by atoms with van der Waals surface area (Å²) in [5.74, 6) is 0.872. The average molecular weight is 406 g/mol. The number of nitrogens with one attached hydrogen (secondary N) is 1. The minimum atomic E-state index is -0.185. The Bertz CT molecular complexity index is 951. The Hall–Kier alpha value is -2.86. The SMILES string of the molecule is CC(C)Nc1ncc(-c2cccnc2)c(C2CCN(Cc3ccc(F)cc3)CC2)n1. The van der Waals surface area contributed by atoms with E-state index in [0.717, 1.165) is 54.9 Å². The van der Waals surface area contributed by atoms with Gasteiger partial charge in [-0.3, -0.25) is 9.88 Å². The molecule has 1 aromatic carbocycles. The molecule has 156 valence electrons. The lowest BCUT2D eigenvalue weighted by Crippen LogP contribution is -2.33. The Balaban J connectivity index is 1.51. The second-order valence-corrected chi connectivity index (χ2v) is 8.21. The minimum absolute atomic E-state index is 0.185. The molecule has 5 nitrogen and oxygen atoms in total. The molecule has 0 aliphatic carbocycles. The zero-order valence-electron chi connectivity index (χ0n) is 17.6. The molecule has 0 atom stereocenters. The predicted octanol–water partition coefficient (Wildman–Crippen LogP) is 4.88. The predicted molar refractivity (Wildman–Crippen MR) is 118 cm³/mol. The highest BCUT2D eigenvalue weighted by atomic mass is 19.1. The maximum atomic E-state index is 13.2. The summed E-state index contributed by atoms with van der Waals surface area (Å²) in [7, 11) is 0. The van der Waals surface area contributed by atoms with E-state index < -0.39 is 0 Å². The van der Waals surface area contributed by atoms with Crippen LogP contribution in [-0.2, 0) is 6.54 Å². The molecule has 0 amide bonds. The summed E-state index contributed by atoms with van der Waals surface area (Å²) >= 11 is 0. The van der Waals surface area contributed by atoms with Crippen LogP contribution in [0.15, 0.2) is 55.0 Å². The summed E-state index contributed by atoms with van der Waals surface area (Å²) in [6, 6.07) is 11.1. The van der Waals surface area contributed by atoms with Crippen molar-refractivity contribution >= 4 is 5.95 Å². The first-order chi connectivity index (χ1) is 14.6. The Morgan fingerprint density at radius 3 is 2.53 bits per heavy atom. The zero-order valence-corrected chi connectivity index (χ0v) is 17.6. The standard InChI is InChI=1S/C24H28FN5/c1-17(2)28-24-27-15-22(20-4-3-11-26-14-20)23(29-24)19-9-12-30(13-10-19)16-18-5-7-21(25)8-6-18/h3-8,11,14-15,17,19H,9-10,12-13,16H2,1-2H3,(H,27,28,29). The summed E-state index contributed by atoms with van der Waals surface area (Å²) in [5.41, 5.74) is 4.37. The first-order valence-electron chi connectivity index (χ1n) is 10.6. The van der Waals surface area contributed by atoms with Crippen LogP contribution < -0.4 is 5.32 Å². The molecule has 0 unspecified atom stereocenters. The van der Waals surface area contributed by atoms with E-state index in [1.165, 1.54) is 12.1 Å². The normalized spacial score (nSPS) is 15.5. The fraction of sp³-hybridized carbons (Fsp3) is 0.375. The van der Waals surface area contributed by atoms with Crippen LogP contribution in [0.5, 0.6) is 0 Å². The number of rotatable bonds is 6. The van der Waals surface area contributed by atoms with Gasteiger partial charge in [0.15, 0.2) is 0 Å². The van der Waals surface area contributed by atoms with Gasteiger partial charge in [-0.05, 0) is 63.5 Å². The molecule has 1 aliphatic heterocycles. The number of hydrogen-bond donors (Lipinski definition) is 1. The Labute approximate surface area is 177 Å². The zero-order chi connectivity index (χ0) is 20.9. The third kappa shape index (κ3) is 5.00. The van der Waals surface area contributed by atoms with Crippen LogP contribution in [0.2, 0.25) is 0 Å². The summed E-state index contributed by atoms with van der Waals surface area (Å²) in [6.45, 7) is 7.02. The van der Waals surface area contributed by atoms with Gasteiger partial charge in [0.1, 0.15) is 5.82 Å². The summed E-state index contributed by atoms with van der Waals surface area (Å²) in [6.07, 6.45) is 7.65. The monoisotopic (exact) mass is 405 g/mol. The molecule has 2 aromatic heterocycles. The van der Waals surface area contributed by atoms with Crippen molar-refractivity contribution in [2.45, 2.75) is 45.2 Å². The molecular formula is C24H28FN5. The van der Waals surface area contributed by atoms with Crippen molar-refractivity contribution in [1.82, 2.24) is 19.9 Å². The van der Waals surface area contributed by atoms with Gasteiger partial charge in [0, 0.05) is 48.2 Å². The highest BCUT2D eigenvalue weighted by molar-refractivity contribution is 5.65. The number of likely N-dealkylation sites (tertiary alicyclic amines) is 1. The molecule has 4 rings (SSSR count). The van der Waals surface area contributed by atoms with Crippen LogP contribution in [0, 0.1) is 5.82 Å². The van der Waals surface area contributed by atoms with Crippen molar-refractivity contribution in [3.8, 4) is 11.1 Å². The van der Waals surface area contributed by atoms with E-state index in [1.807, 2.05) is 30.6 Å². The molecule has 30 heavy (non-hydrogen) atoms. The topological polar surface area (TPSA) is 53.9 Å². The van der Waals surface area contributed by atoms with E-state index in [2.05, 4.69) is 40.1 Å². The molecule has 0 radical (unpaired) electrons. The second-order valence-electron chi connectivity index (χ2n) is 8.21. The van der Waals surface area contributed by atoms with Crippen LogP contribution in [0.25, 0.3) is 11.1 Å². The van der Waals surface area contributed by atoms with E-state index in [0.29, 0.717) is 11.9 Å². The lowest BCUT2D eigenvalue weighted by atomic mass is 9.89. The quantitative estimate of drug-likeness (QED) is 0.634. The van der Waals surface area contributed by atoms with Gasteiger partial charge in [0.2, 0.25) is 5.95 Å². The van der Waals surface area contributed by atoms with Crippen molar-refractivity contribution in [3.63, 3.8) is 0 Å². The maximum Gasteiger partial charge on any atom is 0.223 e. The molecule has 3 aromatic rings. The van der Waals surface area contributed by atoms with Gasteiger partial charge in [-0.2, -0.15) is 0 Å². The number of halogens is 1. The number of piperidine rings is 1. The molecule has 1 saturated heterocycles. The summed E-state index contributed by atoms with van der Waals surface area (Å²) in [5, 5.41) is 3.33. The number of pyridine rings is 1. The van der Waals surface area contributed by atoms with Gasteiger partial charge >= 0.3 is 0 Å². The summed E-state index contributed by atoms with van der Waals surface area (Å²) < 4.78 is 13.2. The fourth-order valence-electron chi connectivity index (χ4n) is 3.99. The third-order valence-corrected chi connectivity index (χ3v) is 5.50. The van der Waals surface area contributed by atoms with Crippen molar-refractivity contribution in [2.75, 3.05) is 18.4 Å². The van der Waals surface area contributed by atoms with Crippen LogP contribution in [0.1, 0.15) is 43.9 Å². The van der Waals surface area contributed by atoms with Gasteiger partial charge in [0.25, 0.3) is 0 Å². The Kier molecular flexibility index (Phi) is 6.33. The molecule has 1 fully saturated rings. The number of anilines is 1. The van der Waals surface area contributed by atoms with Crippen molar-refractivity contribution in [1.29, 1.82) is 0 Å². The van der Waals surface area contributed by atoms with Crippen molar-refractivity contribution in [3.05, 3.63) is 72.1 Å². The van der Waals surface area contributed by atoms with Gasteiger partial charge in [0.05, 0.1) is 5.69 Å². The Morgan fingerprint density at radius 2 is 1.87 bits per heavy atom. The van der Waals surface area contributed by atoms with Gasteiger partial charge in [-0.15, -0.1) is 0 Å². The molecular weight excluding hydrogens is 377 g/mol. The molecule has 6 heteroatoms. The lowest BCUT2D eigenvalue weighted by molar-refractivity contribution is 0.203. The molecule has 1 aliphatic rings. The molecule has 0 spiro atoms. The van der Waals surface area contributed by atoms with Crippen LogP contribution in [-0.4, -0.2) is 39.0 Å². The highest BCUT2D eigenvalue weighted by Crippen LogP contribution is 2.34. The Morgan fingerprint density at radius 1 is 1.10 bits per heavy atom. The van der Waals surface area contributed by atoms with E-state index in [4.69, 9.17) is 4.98 Å². The van der Waals surface area contributed by atoms with Gasteiger partial charge in [-0.1, -0.05) is 18.2 Å². The summed E-state index contributed by atoms with van der Waals surface area (Å²) in [4.78, 5) is 16.2. The largest absolute Gasteiger partial charge is 0.352 e. The van der Waals surface area contributed by atoms with E-state index in [1.54, 1.807) is 6.20 Å². The van der Waals surface area contributed by atoms with E-state index in [9.17, 15) is 4.39 Å². The molecule has 0 bridgehead atoms. The fourth-order valence-corrected chi connectivity index (χ4v) is 3.99. The minimum Gasteiger partial charge on any atom is -0.352 e. The van der Waals surface area contributed by atoms with Crippen LogP contribution >= 0.6 is 0 Å². The molecule has 3 heterocycles.